The van der Waals surface area contributed by atoms with Crippen molar-refractivity contribution >= 4 is 21.6 Å². The van der Waals surface area contributed by atoms with Crippen LogP contribution in [0.1, 0.15) is 12.8 Å². The average molecular weight is 324 g/mol. The topological polar surface area (TPSA) is 18.5 Å². The molecular weight excluding hydrogens is 302 g/mol. The lowest BCUT2D eigenvalue weighted by atomic mass is 10.3. The van der Waals surface area contributed by atoms with Crippen molar-refractivity contribution in [3.8, 4) is 0 Å². The summed E-state index contributed by atoms with van der Waals surface area (Å²) in [5.74, 6) is 0. The molecule has 1 aromatic carbocycles. The summed E-state index contributed by atoms with van der Waals surface area (Å²) in [5.41, 5.74) is 1.19. The van der Waals surface area contributed by atoms with Gasteiger partial charge in [-0.3, -0.25) is 9.80 Å². The molecule has 1 aromatic rings. The fourth-order valence-electron chi connectivity index (χ4n) is 2.75. The van der Waals surface area contributed by atoms with Gasteiger partial charge in [0.25, 0.3) is 0 Å². The molecule has 1 heterocycles. The second-order valence-corrected chi connectivity index (χ2v) is 6.37. The first-order valence-corrected chi connectivity index (χ1v) is 8.07. The highest BCUT2D eigenvalue weighted by Gasteiger charge is 2.30. The Balaban J connectivity index is 1.37. The first kappa shape index (κ1) is 13.4. The maximum atomic E-state index is 3.57. The van der Waals surface area contributed by atoms with Crippen LogP contribution in [0.3, 0.4) is 0 Å². The number of piperazine rings is 1. The van der Waals surface area contributed by atoms with E-state index in [-0.39, 0.29) is 0 Å². The molecule has 1 aliphatic carbocycles. The maximum absolute atomic E-state index is 3.57. The predicted octanol–water partition coefficient (Wildman–Crippen LogP) is 2.64. The van der Waals surface area contributed by atoms with E-state index in [0.29, 0.717) is 0 Å². The first-order chi connectivity index (χ1) is 9.33. The van der Waals surface area contributed by atoms with Gasteiger partial charge in [0.15, 0.2) is 0 Å². The van der Waals surface area contributed by atoms with E-state index < -0.39 is 0 Å². The van der Waals surface area contributed by atoms with Gasteiger partial charge in [-0.2, -0.15) is 0 Å². The third-order valence-electron chi connectivity index (χ3n) is 4.09. The van der Waals surface area contributed by atoms with Crippen LogP contribution in [0.25, 0.3) is 0 Å². The molecule has 19 heavy (non-hydrogen) atoms. The number of benzene rings is 1. The van der Waals surface area contributed by atoms with E-state index in [1.165, 1.54) is 44.7 Å². The smallest absolute Gasteiger partial charge is 0.0485 e. The summed E-state index contributed by atoms with van der Waals surface area (Å²) in [5, 5.41) is 3.50. The second kappa shape index (κ2) is 6.25. The molecule has 0 aromatic heterocycles. The summed E-state index contributed by atoms with van der Waals surface area (Å²) < 4.78 is 1.15. The Kier molecular flexibility index (Phi) is 4.41. The second-order valence-electron chi connectivity index (χ2n) is 5.52. The molecule has 0 amide bonds. The van der Waals surface area contributed by atoms with Crippen LogP contribution in [0.15, 0.2) is 28.7 Å². The Bertz CT molecular complexity index is 412. The SMILES string of the molecule is Brc1ccccc1NCCN1CCN(C2CC2)CC1. The molecule has 1 aliphatic heterocycles. The van der Waals surface area contributed by atoms with Crippen molar-refractivity contribution in [2.45, 2.75) is 18.9 Å². The molecule has 0 atom stereocenters. The zero-order chi connectivity index (χ0) is 13.1. The minimum absolute atomic E-state index is 0.931. The number of nitrogens with zero attached hydrogens (tertiary/aromatic N) is 2. The third kappa shape index (κ3) is 3.71. The number of nitrogens with one attached hydrogen (secondary N) is 1. The Morgan fingerprint density at radius 2 is 1.84 bits per heavy atom. The summed E-state index contributed by atoms with van der Waals surface area (Å²) in [4.78, 5) is 5.24. The van der Waals surface area contributed by atoms with Gasteiger partial charge in [-0.05, 0) is 40.9 Å². The van der Waals surface area contributed by atoms with Crippen molar-refractivity contribution in [3.05, 3.63) is 28.7 Å². The fourth-order valence-corrected chi connectivity index (χ4v) is 3.17. The summed E-state index contributed by atoms with van der Waals surface area (Å²) in [6.07, 6.45) is 2.87. The van der Waals surface area contributed by atoms with Crippen LogP contribution < -0.4 is 5.32 Å². The lowest BCUT2D eigenvalue weighted by Crippen LogP contribution is -2.48. The Hall–Kier alpha value is -0.580. The van der Waals surface area contributed by atoms with E-state index in [1.54, 1.807) is 0 Å². The highest BCUT2D eigenvalue weighted by molar-refractivity contribution is 9.10. The quantitative estimate of drug-likeness (QED) is 0.898. The monoisotopic (exact) mass is 323 g/mol. The van der Waals surface area contributed by atoms with Gasteiger partial charge in [-0.1, -0.05) is 12.1 Å². The van der Waals surface area contributed by atoms with Crippen LogP contribution >= 0.6 is 15.9 Å². The minimum atomic E-state index is 0.931. The van der Waals surface area contributed by atoms with Crippen molar-refractivity contribution < 1.29 is 0 Å². The van der Waals surface area contributed by atoms with Gasteiger partial charge in [0.2, 0.25) is 0 Å². The summed E-state index contributed by atoms with van der Waals surface area (Å²) >= 11 is 3.57. The van der Waals surface area contributed by atoms with E-state index in [9.17, 15) is 0 Å². The van der Waals surface area contributed by atoms with Gasteiger partial charge in [0.05, 0.1) is 0 Å². The zero-order valence-electron chi connectivity index (χ0n) is 11.3. The van der Waals surface area contributed by atoms with E-state index in [4.69, 9.17) is 0 Å². The van der Waals surface area contributed by atoms with Gasteiger partial charge < -0.3 is 5.32 Å². The maximum Gasteiger partial charge on any atom is 0.0485 e. The Morgan fingerprint density at radius 3 is 2.53 bits per heavy atom. The third-order valence-corrected chi connectivity index (χ3v) is 4.78. The fraction of sp³-hybridized carbons (Fsp3) is 0.600. The molecule has 2 aliphatic rings. The highest BCUT2D eigenvalue weighted by Crippen LogP contribution is 2.27. The van der Waals surface area contributed by atoms with Crippen molar-refractivity contribution in [1.29, 1.82) is 0 Å². The van der Waals surface area contributed by atoms with Gasteiger partial charge in [0.1, 0.15) is 0 Å². The normalized spacial score (nSPS) is 21.5. The molecule has 4 heteroatoms. The minimum Gasteiger partial charge on any atom is -0.383 e. The molecule has 3 nitrogen and oxygen atoms in total. The van der Waals surface area contributed by atoms with Crippen molar-refractivity contribution in [2.24, 2.45) is 0 Å². The number of rotatable bonds is 5. The summed E-state index contributed by atoms with van der Waals surface area (Å²) in [6.45, 7) is 7.15. The van der Waals surface area contributed by atoms with Gasteiger partial charge in [-0.25, -0.2) is 0 Å². The molecule has 0 spiro atoms. The number of para-hydroxylation sites is 1. The predicted molar refractivity (Wildman–Crippen MR) is 83.7 cm³/mol. The van der Waals surface area contributed by atoms with Crippen molar-refractivity contribution in [1.82, 2.24) is 9.80 Å². The molecule has 1 N–H and O–H groups in total. The number of anilines is 1. The van der Waals surface area contributed by atoms with Crippen LogP contribution in [-0.4, -0.2) is 55.1 Å². The summed E-state index contributed by atoms with van der Waals surface area (Å²) in [6, 6.07) is 9.25. The number of hydrogen-bond donors (Lipinski definition) is 1. The first-order valence-electron chi connectivity index (χ1n) is 7.28. The van der Waals surface area contributed by atoms with E-state index in [0.717, 1.165) is 23.6 Å². The van der Waals surface area contributed by atoms with E-state index in [2.05, 4.69) is 49.2 Å². The van der Waals surface area contributed by atoms with Crippen LogP contribution in [-0.2, 0) is 0 Å². The molecular formula is C15H22BrN3. The molecule has 104 valence electrons. The largest absolute Gasteiger partial charge is 0.383 e. The van der Waals surface area contributed by atoms with E-state index >= 15 is 0 Å². The average Bonchev–Trinajstić information content (AvgIpc) is 3.26. The van der Waals surface area contributed by atoms with Crippen LogP contribution in [0, 0.1) is 0 Å². The van der Waals surface area contributed by atoms with Crippen LogP contribution in [0.4, 0.5) is 5.69 Å². The van der Waals surface area contributed by atoms with Crippen LogP contribution in [0.2, 0.25) is 0 Å². The Labute approximate surface area is 124 Å². The van der Waals surface area contributed by atoms with Crippen molar-refractivity contribution in [2.75, 3.05) is 44.6 Å². The molecule has 3 rings (SSSR count). The molecule has 1 saturated heterocycles. The standard InChI is InChI=1S/C15H22BrN3/c16-14-3-1-2-4-15(14)17-7-8-18-9-11-19(12-10-18)13-5-6-13/h1-4,13,17H,5-12H2. The van der Waals surface area contributed by atoms with Gasteiger partial charge in [0, 0.05) is 55.5 Å². The Morgan fingerprint density at radius 1 is 1.11 bits per heavy atom. The van der Waals surface area contributed by atoms with Crippen LogP contribution in [0.5, 0.6) is 0 Å². The van der Waals surface area contributed by atoms with Gasteiger partial charge >= 0.3 is 0 Å². The van der Waals surface area contributed by atoms with Gasteiger partial charge in [-0.15, -0.1) is 0 Å². The zero-order valence-corrected chi connectivity index (χ0v) is 12.9. The van der Waals surface area contributed by atoms with Crippen molar-refractivity contribution in [3.63, 3.8) is 0 Å². The number of halogens is 1. The lowest BCUT2D eigenvalue weighted by Gasteiger charge is -2.34. The number of hydrogen-bond acceptors (Lipinski definition) is 3. The lowest BCUT2D eigenvalue weighted by molar-refractivity contribution is 0.130. The molecule has 1 saturated carbocycles. The highest BCUT2D eigenvalue weighted by atomic mass is 79.9. The van der Waals surface area contributed by atoms with E-state index in [1.807, 2.05) is 6.07 Å². The molecule has 0 radical (unpaired) electrons. The summed E-state index contributed by atoms with van der Waals surface area (Å²) in [7, 11) is 0. The molecule has 0 unspecified atom stereocenters. The molecule has 0 bridgehead atoms. The molecule has 2 fully saturated rings.